The van der Waals surface area contributed by atoms with Gasteiger partial charge in [0.2, 0.25) is 5.95 Å². The molecule has 1 heterocycles. The molecule has 1 amide bonds. The summed E-state index contributed by atoms with van der Waals surface area (Å²) in [6.45, 7) is 0.360. The number of aromatic nitrogens is 1. The maximum absolute atomic E-state index is 13.3. The maximum atomic E-state index is 13.3. The van der Waals surface area contributed by atoms with E-state index in [1.807, 2.05) is 0 Å². The third-order valence-corrected chi connectivity index (χ3v) is 3.40. The van der Waals surface area contributed by atoms with E-state index >= 15 is 0 Å². The van der Waals surface area contributed by atoms with Crippen molar-refractivity contribution in [1.29, 1.82) is 0 Å². The molecule has 0 aliphatic heterocycles. The Bertz CT molecular complexity index is 468. The quantitative estimate of drug-likeness (QED) is 0.821. The number of nitrogens with one attached hydrogen (secondary N) is 1. The molecule has 2 atom stereocenters. The molecule has 0 saturated heterocycles. The van der Waals surface area contributed by atoms with Gasteiger partial charge in [-0.3, -0.25) is 4.79 Å². The Labute approximate surface area is 109 Å². The second-order valence-electron chi connectivity index (χ2n) is 4.86. The van der Waals surface area contributed by atoms with E-state index < -0.39 is 17.7 Å². The zero-order valence-corrected chi connectivity index (χ0v) is 10.4. The lowest BCUT2D eigenvalue weighted by atomic mass is 9.87. The number of aliphatic hydroxyl groups excluding tert-OH is 1. The van der Waals surface area contributed by atoms with Crippen molar-refractivity contribution in [3.8, 4) is 0 Å². The molecular formula is C13H16F2N2O2. The molecule has 0 radical (unpaired) electrons. The number of carbonyl (C=O) groups excluding carboxylic acids is 1. The molecule has 1 aliphatic carbocycles. The van der Waals surface area contributed by atoms with Crippen LogP contribution in [0.2, 0.25) is 0 Å². The van der Waals surface area contributed by atoms with E-state index in [-0.39, 0.29) is 17.6 Å². The van der Waals surface area contributed by atoms with E-state index in [0.717, 1.165) is 31.5 Å². The van der Waals surface area contributed by atoms with Crippen LogP contribution in [-0.2, 0) is 0 Å². The molecular weight excluding hydrogens is 254 g/mol. The summed E-state index contributed by atoms with van der Waals surface area (Å²) < 4.78 is 26.2. The first-order valence-electron chi connectivity index (χ1n) is 6.34. The Hall–Kier alpha value is -1.56. The maximum Gasteiger partial charge on any atom is 0.254 e. The van der Waals surface area contributed by atoms with Crippen LogP contribution in [0.25, 0.3) is 0 Å². The zero-order chi connectivity index (χ0) is 13.8. The van der Waals surface area contributed by atoms with Crippen LogP contribution in [0.5, 0.6) is 0 Å². The average Bonchev–Trinajstić information content (AvgIpc) is 2.39. The van der Waals surface area contributed by atoms with E-state index in [2.05, 4.69) is 10.3 Å². The lowest BCUT2D eigenvalue weighted by molar-refractivity contribution is 0.0870. The van der Waals surface area contributed by atoms with Crippen molar-refractivity contribution < 1.29 is 18.7 Å². The number of amides is 1. The zero-order valence-electron chi connectivity index (χ0n) is 10.4. The molecule has 6 heteroatoms. The summed E-state index contributed by atoms with van der Waals surface area (Å²) in [5.74, 6) is -2.98. The monoisotopic (exact) mass is 270 g/mol. The van der Waals surface area contributed by atoms with Crippen LogP contribution in [0.1, 0.15) is 36.0 Å². The minimum absolute atomic E-state index is 0.183. The van der Waals surface area contributed by atoms with Gasteiger partial charge in [0.25, 0.3) is 5.91 Å². The van der Waals surface area contributed by atoms with Gasteiger partial charge in [0.1, 0.15) is 0 Å². The number of pyridine rings is 1. The van der Waals surface area contributed by atoms with Crippen molar-refractivity contribution in [1.82, 2.24) is 10.3 Å². The summed E-state index contributed by atoms with van der Waals surface area (Å²) in [6.07, 6.45) is 3.98. The van der Waals surface area contributed by atoms with Crippen LogP contribution in [0, 0.1) is 17.7 Å². The lowest BCUT2D eigenvalue weighted by Gasteiger charge is -2.25. The smallest absolute Gasteiger partial charge is 0.254 e. The molecule has 1 aromatic rings. The Balaban J connectivity index is 1.92. The van der Waals surface area contributed by atoms with E-state index in [1.54, 1.807) is 0 Å². The number of rotatable bonds is 3. The molecule has 1 fully saturated rings. The predicted molar refractivity (Wildman–Crippen MR) is 64.5 cm³/mol. The predicted octanol–water partition coefficient (Wildman–Crippen LogP) is 1.64. The Morgan fingerprint density at radius 1 is 1.47 bits per heavy atom. The molecule has 0 spiro atoms. The summed E-state index contributed by atoms with van der Waals surface area (Å²) in [5.41, 5.74) is -0.344. The third-order valence-electron chi connectivity index (χ3n) is 3.40. The molecule has 1 aromatic heterocycles. The second-order valence-corrected chi connectivity index (χ2v) is 4.86. The number of aliphatic hydroxyl groups is 1. The Morgan fingerprint density at radius 3 is 3.00 bits per heavy atom. The van der Waals surface area contributed by atoms with E-state index in [0.29, 0.717) is 13.0 Å². The van der Waals surface area contributed by atoms with Gasteiger partial charge in [-0.1, -0.05) is 6.42 Å². The Kier molecular flexibility index (Phi) is 4.42. The highest BCUT2D eigenvalue weighted by molar-refractivity contribution is 5.94. The molecule has 4 nitrogen and oxygen atoms in total. The highest BCUT2D eigenvalue weighted by Crippen LogP contribution is 2.23. The van der Waals surface area contributed by atoms with Crippen LogP contribution in [-0.4, -0.2) is 28.6 Å². The molecule has 2 unspecified atom stereocenters. The fourth-order valence-corrected chi connectivity index (χ4v) is 2.37. The molecule has 19 heavy (non-hydrogen) atoms. The van der Waals surface area contributed by atoms with Crippen LogP contribution in [0.15, 0.2) is 12.3 Å². The topological polar surface area (TPSA) is 62.2 Å². The van der Waals surface area contributed by atoms with Gasteiger partial charge < -0.3 is 10.4 Å². The molecule has 0 aromatic carbocycles. The molecule has 1 aliphatic rings. The number of hydrogen-bond acceptors (Lipinski definition) is 3. The van der Waals surface area contributed by atoms with E-state index in [1.165, 1.54) is 0 Å². The largest absolute Gasteiger partial charge is 0.393 e. The van der Waals surface area contributed by atoms with Crippen molar-refractivity contribution in [2.75, 3.05) is 6.54 Å². The van der Waals surface area contributed by atoms with Gasteiger partial charge in [-0.15, -0.1) is 0 Å². The van der Waals surface area contributed by atoms with Crippen molar-refractivity contribution in [2.24, 2.45) is 5.92 Å². The van der Waals surface area contributed by atoms with E-state index in [4.69, 9.17) is 0 Å². The van der Waals surface area contributed by atoms with Gasteiger partial charge in [0, 0.05) is 12.7 Å². The summed E-state index contributed by atoms with van der Waals surface area (Å²) in [7, 11) is 0. The van der Waals surface area contributed by atoms with Crippen molar-refractivity contribution in [3.05, 3.63) is 29.6 Å². The van der Waals surface area contributed by atoms with Crippen molar-refractivity contribution in [2.45, 2.75) is 31.8 Å². The summed E-state index contributed by atoms with van der Waals surface area (Å²) in [4.78, 5) is 14.9. The summed E-state index contributed by atoms with van der Waals surface area (Å²) in [5, 5.41) is 12.1. The third kappa shape index (κ3) is 3.47. The highest BCUT2D eigenvalue weighted by atomic mass is 19.2. The highest BCUT2D eigenvalue weighted by Gasteiger charge is 2.22. The van der Waals surface area contributed by atoms with Crippen molar-refractivity contribution >= 4 is 5.91 Å². The normalized spacial score (nSPS) is 23.1. The SMILES string of the molecule is O=C(NCC1CCCC(O)C1)c1ccnc(F)c1F. The second kappa shape index (κ2) is 6.06. The molecule has 2 rings (SSSR count). The van der Waals surface area contributed by atoms with E-state index in [9.17, 15) is 18.7 Å². The number of carbonyl (C=O) groups is 1. The first-order chi connectivity index (χ1) is 9.08. The summed E-state index contributed by atoms with van der Waals surface area (Å²) in [6, 6.07) is 1.14. The van der Waals surface area contributed by atoms with Gasteiger partial charge in [0.15, 0.2) is 5.82 Å². The number of halogens is 2. The van der Waals surface area contributed by atoms with Crippen LogP contribution >= 0.6 is 0 Å². The van der Waals surface area contributed by atoms with Gasteiger partial charge in [-0.2, -0.15) is 4.39 Å². The molecule has 0 bridgehead atoms. The van der Waals surface area contributed by atoms with Gasteiger partial charge in [0.05, 0.1) is 11.7 Å². The standard InChI is InChI=1S/C13H16F2N2O2/c14-11-10(4-5-16-12(11)15)13(19)17-7-8-2-1-3-9(18)6-8/h4-5,8-9,18H,1-3,6-7H2,(H,17,19). The number of nitrogens with zero attached hydrogens (tertiary/aromatic N) is 1. The molecule has 1 saturated carbocycles. The average molecular weight is 270 g/mol. The fraction of sp³-hybridized carbons (Fsp3) is 0.538. The summed E-state index contributed by atoms with van der Waals surface area (Å²) >= 11 is 0. The first kappa shape index (κ1) is 13.9. The fourth-order valence-electron chi connectivity index (χ4n) is 2.37. The van der Waals surface area contributed by atoms with Gasteiger partial charge >= 0.3 is 0 Å². The van der Waals surface area contributed by atoms with Crippen LogP contribution < -0.4 is 5.32 Å². The molecule has 2 N–H and O–H groups in total. The molecule has 104 valence electrons. The van der Waals surface area contributed by atoms with Crippen LogP contribution in [0.3, 0.4) is 0 Å². The lowest BCUT2D eigenvalue weighted by Crippen LogP contribution is -2.33. The first-order valence-corrected chi connectivity index (χ1v) is 6.34. The Morgan fingerprint density at radius 2 is 2.26 bits per heavy atom. The minimum Gasteiger partial charge on any atom is -0.393 e. The number of hydrogen-bond donors (Lipinski definition) is 2. The minimum atomic E-state index is -1.28. The van der Waals surface area contributed by atoms with Gasteiger partial charge in [-0.05, 0) is 31.2 Å². The van der Waals surface area contributed by atoms with Crippen LogP contribution in [0.4, 0.5) is 8.78 Å². The van der Waals surface area contributed by atoms with Crippen molar-refractivity contribution in [3.63, 3.8) is 0 Å². The van der Waals surface area contributed by atoms with Gasteiger partial charge in [-0.25, -0.2) is 9.37 Å².